The fraction of sp³-hybridized carbons (Fsp3) is 0.240. The quantitative estimate of drug-likeness (QED) is 0.414. The minimum atomic E-state index is -4.41. The number of nitrogens with one attached hydrogen (secondary N) is 1. The van der Waals surface area contributed by atoms with Gasteiger partial charge in [-0.05, 0) is 63.6 Å². The van der Waals surface area contributed by atoms with Crippen LogP contribution in [0.25, 0.3) is 10.9 Å². The van der Waals surface area contributed by atoms with Crippen LogP contribution in [0.15, 0.2) is 48.5 Å². The highest BCUT2D eigenvalue weighted by atomic mass is 19.4. The Balaban J connectivity index is 1.64. The molecule has 0 saturated carbocycles. The van der Waals surface area contributed by atoms with Gasteiger partial charge in [0.1, 0.15) is 0 Å². The number of carbonyl (C=O) groups excluding carboxylic acids is 1. The Kier molecular flexibility index (Phi) is 5.69. The summed E-state index contributed by atoms with van der Waals surface area (Å²) in [5.74, 6) is -0.291. The van der Waals surface area contributed by atoms with Crippen molar-refractivity contribution in [3.8, 4) is 0 Å². The lowest BCUT2D eigenvalue weighted by molar-refractivity contribution is -0.137. The van der Waals surface area contributed by atoms with Gasteiger partial charge in [-0.15, -0.1) is 0 Å². The van der Waals surface area contributed by atoms with E-state index in [2.05, 4.69) is 15.4 Å². The maximum atomic E-state index is 13.2. The van der Waals surface area contributed by atoms with Gasteiger partial charge in [0.05, 0.1) is 40.3 Å². The van der Waals surface area contributed by atoms with Gasteiger partial charge in [-0.1, -0.05) is 23.8 Å². The predicted octanol–water partition coefficient (Wildman–Crippen LogP) is 5.98. The molecule has 33 heavy (non-hydrogen) atoms. The number of halogens is 3. The van der Waals surface area contributed by atoms with Gasteiger partial charge in [-0.25, -0.2) is 0 Å². The SMILES string of the molecule is Cc1ccc2nc(C)cc(C(=O)Nc3c(C)nn(Cc4cccc(C(F)(F)F)c4)c3C)c2c1. The molecule has 0 aliphatic heterocycles. The van der Waals surface area contributed by atoms with Gasteiger partial charge in [0.2, 0.25) is 0 Å². The lowest BCUT2D eigenvalue weighted by Gasteiger charge is -2.11. The van der Waals surface area contributed by atoms with Crippen LogP contribution >= 0.6 is 0 Å². The van der Waals surface area contributed by atoms with Gasteiger partial charge in [-0.3, -0.25) is 14.5 Å². The van der Waals surface area contributed by atoms with Crippen molar-refractivity contribution in [2.24, 2.45) is 0 Å². The largest absolute Gasteiger partial charge is 0.416 e. The Morgan fingerprint density at radius 1 is 1.03 bits per heavy atom. The monoisotopic (exact) mass is 452 g/mol. The van der Waals surface area contributed by atoms with E-state index in [4.69, 9.17) is 0 Å². The normalized spacial score (nSPS) is 11.7. The van der Waals surface area contributed by atoms with Crippen molar-refractivity contribution < 1.29 is 18.0 Å². The molecule has 170 valence electrons. The van der Waals surface area contributed by atoms with Crippen molar-refractivity contribution in [3.63, 3.8) is 0 Å². The number of hydrogen-bond donors (Lipinski definition) is 1. The second-order valence-corrected chi connectivity index (χ2v) is 8.19. The molecule has 0 aliphatic rings. The first kappa shape index (κ1) is 22.5. The second-order valence-electron chi connectivity index (χ2n) is 8.19. The Labute approximate surface area is 189 Å². The predicted molar refractivity (Wildman–Crippen MR) is 121 cm³/mol. The number of alkyl halides is 3. The maximum Gasteiger partial charge on any atom is 0.416 e. The average molecular weight is 452 g/mol. The number of aryl methyl sites for hydroxylation is 3. The zero-order chi connectivity index (χ0) is 23.9. The summed E-state index contributed by atoms with van der Waals surface area (Å²) in [7, 11) is 0. The van der Waals surface area contributed by atoms with E-state index in [0.29, 0.717) is 28.2 Å². The first-order valence-electron chi connectivity index (χ1n) is 10.4. The maximum absolute atomic E-state index is 13.2. The molecule has 1 amide bonds. The van der Waals surface area contributed by atoms with Gasteiger partial charge >= 0.3 is 6.18 Å². The summed E-state index contributed by atoms with van der Waals surface area (Å²) < 4.78 is 40.7. The fourth-order valence-corrected chi connectivity index (χ4v) is 3.89. The first-order valence-corrected chi connectivity index (χ1v) is 10.4. The minimum Gasteiger partial charge on any atom is -0.319 e. The zero-order valence-electron chi connectivity index (χ0n) is 18.7. The van der Waals surface area contributed by atoms with Crippen LogP contribution in [0, 0.1) is 27.7 Å². The Morgan fingerprint density at radius 2 is 1.79 bits per heavy atom. The first-order chi connectivity index (χ1) is 15.5. The highest BCUT2D eigenvalue weighted by Gasteiger charge is 2.30. The van der Waals surface area contributed by atoms with Crippen LogP contribution in [-0.2, 0) is 12.7 Å². The van der Waals surface area contributed by atoms with E-state index in [1.807, 2.05) is 32.0 Å². The van der Waals surface area contributed by atoms with Gasteiger partial charge in [-0.2, -0.15) is 18.3 Å². The molecule has 4 aromatic rings. The van der Waals surface area contributed by atoms with Gasteiger partial charge in [0, 0.05) is 11.1 Å². The molecule has 0 aliphatic carbocycles. The number of carbonyl (C=O) groups is 1. The van der Waals surface area contributed by atoms with Crippen molar-refractivity contribution in [1.82, 2.24) is 14.8 Å². The van der Waals surface area contributed by atoms with Gasteiger partial charge < -0.3 is 5.32 Å². The van der Waals surface area contributed by atoms with Crippen LogP contribution < -0.4 is 5.32 Å². The van der Waals surface area contributed by atoms with Crippen molar-refractivity contribution in [2.45, 2.75) is 40.4 Å². The van der Waals surface area contributed by atoms with E-state index in [9.17, 15) is 18.0 Å². The van der Waals surface area contributed by atoms with Crippen LogP contribution in [0.3, 0.4) is 0 Å². The third kappa shape index (κ3) is 4.60. The summed E-state index contributed by atoms with van der Waals surface area (Å²) in [6.07, 6.45) is -4.41. The topological polar surface area (TPSA) is 59.8 Å². The number of rotatable bonds is 4. The lowest BCUT2D eigenvalue weighted by Crippen LogP contribution is -2.14. The van der Waals surface area contributed by atoms with E-state index in [0.717, 1.165) is 34.3 Å². The van der Waals surface area contributed by atoms with E-state index in [1.54, 1.807) is 30.7 Å². The second kappa shape index (κ2) is 8.35. The molecule has 4 rings (SSSR count). The smallest absolute Gasteiger partial charge is 0.319 e. The number of pyridine rings is 1. The van der Waals surface area contributed by atoms with Crippen molar-refractivity contribution in [2.75, 3.05) is 5.32 Å². The molecule has 0 spiro atoms. The number of nitrogens with zero attached hydrogens (tertiary/aromatic N) is 3. The van der Waals surface area contributed by atoms with Crippen LogP contribution in [0.1, 0.15) is 44.1 Å². The van der Waals surface area contributed by atoms with Crippen molar-refractivity contribution >= 4 is 22.5 Å². The van der Waals surface area contributed by atoms with E-state index in [-0.39, 0.29) is 12.5 Å². The molecule has 0 radical (unpaired) electrons. The summed E-state index contributed by atoms with van der Waals surface area (Å²) in [6, 6.07) is 12.7. The van der Waals surface area contributed by atoms with Crippen LogP contribution in [0.5, 0.6) is 0 Å². The van der Waals surface area contributed by atoms with E-state index in [1.165, 1.54) is 6.07 Å². The number of fused-ring (bicyclic) bond motifs is 1. The third-order valence-corrected chi connectivity index (χ3v) is 5.54. The zero-order valence-corrected chi connectivity index (χ0v) is 18.7. The Hall–Kier alpha value is -3.68. The fourth-order valence-electron chi connectivity index (χ4n) is 3.89. The van der Waals surface area contributed by atoms with Crippen LogP contribution in [-0.4, -0.2) is 20.7 Å². The number of aromatic nitrogens is 3. The summed E-state index contributed by atoms with van der Waals surface area (Å²) in [5.41, 5.74) is 4.54. The highest BCUT2D eigenvalue weighted by molar-refractivity contribution is 6.12. The van der Waals surface area contributed by atoms with Crippen LogP contribution in [0.2, 0.25) is 0 Å². The molecule has 0 atom stereocenters. The summed E-state index contributed by atoms with van der Waals surface area (Å²) in [4.78, 5) is 17.7. The molecule has 2 heterocycles. The summed E-state index contributed by atoms with van der Waals surface area (Å²) in [6.45, 7) is 7.48. The Morgan fingerprint density at radius 3 is 2.52 bits per heavy atom. The third-order valence-electron chi connectivity index (χ3n) is 5.54. The number of amides is 1. The molecule has 8 heteroatoms. The number of benzene rings is 2. The molecule has 1 N–H and O–H groups in total. The van der Waals surface area contributed by atoms with Gasteiger partial charge in [0.15, 0.2) is 0 Å². The standard InChI is InChI=1S/C25H23F3N4O/c1-14-8-9-22-20(10-14)21(11-15(2)29-22)24(33)30-23-16(3)31-32(17(23)4)13-18-6-5-7-19(12-18)25(26,27)28/h5-12H,13H2,1-4H3,(H,30,33). The Bertz CT molecular complexity index is 1370. The molecular weight excluding hydrogens is 429 g/mol. The average Bonchev–Trinajstić information content (AvgIpc) is 3.00. The highest BCUT2D eigenvalue weighted by Crippen LogP contribution is 2.30. The minimum absolute atomic E-state index is 0.156. The molecule has 5 nitrogen and oxygen atoms in total. The molecule has 0 fully saturated rings. The summed E-state index contributed by atoms with van der Waals surface area (Å²) >= 11 is 0. The van der Waals surface area contributed by atoms with Gasteiger partial charge in [0.25, 0.3) is 5.91 Å². The molecular formula is C25H23F3N4O. The van der Waals surface area contributed by atoms with Crippen LogP contribution in [0.4, 0.5) is 18.9 Å². The molecule has 2 aromatic carbocycles. The van der Waals surface area contributed by atoms with E-state index >= 15 is 0 Å². The number of anilines is 1. The summed E-state index contributed by atoms with van der Waals surface area (Å²) in [5, 5.41) is 8.15. The lowest BCUT2D eigenvalue weighted by atomic mass is 10.0. The molecule has 0 unspecified atom stereocenters. The van der Waals surface area contributed by atoms with Crippen molar-refractivity contribution in [1.29, 1.82) is 0 Å². The van der Waals surface area contributed by atoms with E-state index < -0.39 is 11.7 Å². The molecule has 0 bridgehead atoms. The molecule has 2 aromatic heterocycles. The molecule has 0 saturated heterocycles. The number of hydrogen-bond acceptors (Lipinski definition) is 3. The van der Waals surface area contributed by atoms with Crippen molar-refractivity contribution in [3.05, 3.63) is 87.9 Å².